The zero-order valence-corrected chi connectivity index (χ0v) is 9.53. The molecule has 1 aromatic rings. The lowest BCUT2D eigenvalue weighted by molar-refractivity contribution is 0.193. The van der Waals surface area contributed by atoms with Crippen molar-refractivity contribution in [3.63, 3.8) is 0 Å². The maximum absolute atomic E-state index is 9.55. The van der Waals surface area contributed by atoms with E-state index in [1.54, 1.807) is 6.92 Å². The van der Waals surface area contributed by atoms with Gasteiger partial charge in [0.1, 0.15) is 12.4 Å². The van der Waals surface area contributed by atoms with Gasteiger partial charge in [-0.1, -0.05) is 24.3 Å². The first-order valence-corrected chi connectivity index (χ1v) is 5.17. The first-order chi connectivity index (χ1) is 7.15. The molecule has 0 saturated heterocycles. The highest BCUT2D eigenvalue weighted by atomic mass is 16.5. The van der Waals surface area contributed by atoms with Crippen LogP contribution in [-0.4, -0.2) is 11.7 Å². The summed E-state index contributed by atoms with van der Waals surface area (Å²) in [5.74, 6) is 0.767. The fraction of sp³-hybridized carbons (Fsp3) is 0.385. The smallest absolute Gasteiger partial charge is 0.125 e. The molecule has 0 spiro atoms. The van der Waals surface area contributed by atoms with Crippen LogP contribution in [0.2, 0.25) is 0 Å². The van der Waals surface area contributed by atoms with E-state index in [1.807, 2.05) is 44.2 Å². The molecular formula is C13H18O2. The lowest BCUT2D eigenvalue weighted by atomic mass is 10.1. The summed E-state index contributed by atoms with van der Waals surface area (Å²) in [6, 6.07) is 5.83. The number of rotatable bonds is 4. The Morgan fingerprint density at radius 1 is 1.47 bits per heavy atom. The van der Waals surface area contributed by atoms with Gasteiger partial charge in [-0.25, -0.2) is 0 Å². The number of ether oxygens (including phenoxy) is 1. The van der Waals surface area contributed by atoms with Crippen molar-refractivity contribution in [2.24, 2.45) is 0 Å². The van der Waals surface area contributed by atoms with Crippen molar-refractivity contribution < 1.29 is 9.84 Å². The molecule has 1 N–H and O–H groups in total. The fourth-order valence-electron chi connectivity index (χ4n) is 1.35. The van der Waals surface area contributed by atoms with Crippen LogP contribution in [0.5, 0.6) is 5.75 Å². The zero-order chi connectivity index (χ0) is 11.3. The Morgan fingerprint density at radius 2 is 2.20 bits per heavy atom. The zero-order valence-electron chi connectivity index (χ0n) is 9.53. The Morgan fingerprint density at radius 3 is 2.80 bits per heavy atom. The van der Waals surface area contributed by atoms with Gasteiger partial charge in [0, 0.05) is 5.56 Å². The van der Waals surface area contributed by atoms with Gasteiger partial charge in [-0.3, -0.25) is 0 Å². The van der Waals surface area contributed by atoms with Crippen molar-refractivity contribution in [1.82, 2.24) is 0 Å². The van der Waals surface area contributed by atoms with Crippen molar-refractivity contribution in [3.05, 3.63) is 41.5 Å². The van der Waals surface area contributed by atoms with E-state index in [4.69, 9.17) is 4.74 Å². The van der Waals surface area contributed by atoms with E-state index >= 15 is 0 Å². The van der Waals surface area contributed by atoms with Gasteiger partial charge in [-0.15, -0.1) is 0 Å². The maximum Gasteiger partial charge on any atom is 0.125 e. The quantitative estimate of drug-likeness (QED) is 0.767. The molecule has 1 atom stereocenters. The normalized spacial score (nSPS) is 13.1. The van der Waals surface area contributed by atoms with Gasteiger partial charge in [-0.2, -0.15) is 0 Å². The van der Waals surface area contributed by atoms with E-state index in [0.717, 1.165) is 16.9 Å². The lowest BCUT2D eigenvalue weighted by Crippen LogP contribution is -2.00. The molecule has 0 heterocycles. The first kappa shape index (κ1) is 11.8. The predicted octanol–water partition coefficient (Wildman–Crippen LogP) is 3.00. The van der Waals surface area contributed by atoms with Crippen molar-refractivity contribution in [1.29, 1.82) is 0 Å². The summed E-state index contributed by atoms with van der Waals surface area (Å²) in [4.78, 5) is 0. The third-order valence-corrected chi connectivity index (χ3v) is 2.19. The molecule has 0 aliphatic carbocycles. The average Bonchev–Trinajstić information content (AvgIpc) is 2.18. The summed E-state index contributed by atoms with van der Waals surface area (Å²) in [5.41, 5.74) is 1.97. The Hall–Kier alpha value is -1.28. The minimum atomic E-state index is -0.494. The molecule has 1 aromatic carbocycles. The maximum atomic E-state index is 9.55. The van der Waals surface area contributed by atoms with Crippen molar-refractivity contribution in [3.8, 4) is 5.75 Å². The number of hydrogen-bond donors (Lipinski definition) is 1. The highest BCUT2D eigenvalue weighted by molar-refractivity contribution is 5.38. The Labute approximate surface area is 91.2 Å². The van der Waals surface area contributed by atoms with Crippen LogP contribution in [0.25, 0.3) is 0 Å². The highest BCUT2D eigenvalue weighted by Crippen LogP contribution is 2.26. The molecule has 0 bridgehead atoms. The molecule has 0 amide bonds. The topological polar surface area (TPSA) is 29.5 Å². The largest absolute Gasteiger partial charge is 0.489 e. The molecule has 0 fully saturated rings. The van der Waals surface area contributed by atoms with Crippen LogP contribution in [-0.2, 0) is 0 Å². The fourth-order valence-corrected chi connectivity index (χ4v) is 1.35. The van der Waals surface area contributed by atoms with Crippen molar-refractivity contribution in [2.45, 2.75) is 26.9 Å². The highest BCUT2D eigenvalue weighted by Gasteiger charge is 2.08. The van der Waals surface area contributed by atoms with Crippen LogP contribution in [0, 0.1) is 6.92 Å². The molecule has 0 aromatic heterocycles. The summed E-state index contributed by atoms with van der Waals surface area (Å²) >= 11 is 0. The molecule has 0 radical (unpaired) electrons. The van der Waals surface area contributed by atoms with E-state index in [-0.39, 0.29) is 0 Å². The Kier molecular flexibility index (Phi) is 4.37. The number of allylic oxidation sites excluding steroid dienone is 1. The molecule has 2 nitrogen and oxygen atoms in total. The molecule has 82 valence electrons. The summed E-state index contributed by atoms with van der Waals surface area (Å²) in [6.45, 7) is 6.25. The van der Waals surface area contributed by atoms with Crippen molar-refractivity contribution in [2.75, 3.05) is 6.61 Å². The second-order valence-corrected chi connectivity index (χ2v) is 3.60. The van der Waals surface area contributed by atoms with Crippen LogP contribution in [0.3, 0.4) is 0 Å². The summed E-state index contributed by atoms with van der Waals surface area (Å²) in [6.07, 6.45) is 3.39. The standard InChI is InChI=1S/C13H18O2/c1-4-5-8-15-13-9-10(2)6-7-12(13)11(3)14/h4-7,9,11,14H,8H2,1-3H3. The van der Waals surface area contributed by atoms with Gasteiger partial charge < -0.3 is 9.84 Å². The summed E-state index contributed by atoms with van der Waals surface area (Å²) in [5, 5.41) is 9.55. The second kappa shape index (κ2) is 5.56. The lowest BCUT2D eigenvalue weighted by Gasteiger charge is -2.13. The third-order valence-electron chi connectivity index (χ3n) is 2.19. The number of aliphatic hydroxyl groups is 1. The minimum absolute atomic E-state index is 0.494. The Bertz CT molecular complexity index is 340. The predicted molar refractivity (Wildman–Crippen MR) is 62.1 cm³/mol. The monoisotopic (exact) mass is 206 g/mol. The number of aliphatic hydroxyl groups excluding tert-OH is 1. The number of benzene rings is 1. The van der Waals surface area contributed by atoms with Crippen molar-refractivity contribution >= 4 is 0 Å². The van der Waals surface area contributed by atoms with E-state index in [2.05, 4.69) is 0 Å². The molecular weight excluding hydrogens is 188 g/mol. The van der Waals surface area contributed by atoms with E-state index in [0.29, 0.717) is 6.61 Å². The average molecular weight is 206 g/mol. The van der Waals surface area contributed by atoms with Crippen LogP contribution in [0.4, 0.5) is 0 Å². The molecule has 15 heavy (non-hydrogen) atoms. The van der Waals surface area contributed by atoms with Gasteiger partial charge >= 0.3 is 0 Å². The number of hydrogen-bond acceptors (Lipinski definition) is 2. The number of aryl methyl sites for hydroxylation is 1. The third kappa shape index (κ3) is 3.40. The van der Waals surface area contributed by atoms with Crippen LogP contribution >= 0.6 is 0 Å². The van der Waals surface area contributed by atoms with Crippen LogP contribution in [0.1, 0.15) is 31.1 Å². The summed E-state index contributed by atoms with van der Waals surface area (Å²) in [7, 11) is 0. The molecule has 1 rings (SSSR count). The van der Waals surface area contributed by atoms with E-state index < -0.39 is 6.10 Å². The van der Waals surface area contributed by atoms with E-state index in [9.17, 15) is 5.11 Å². The first-order valence-electron chi connectivity index (χ1n) is 5.17. The molecule has 0 aliphatic heterocycles. The van der Waals surface area contributed by atoms with Gasteiger partial charge in [0.05, 0.1) is 6.10 Å². The van der Waals surface area contributed by atoms with Gasteiger partial charge in [0.15, 0.2) is 0 Å². The minimum Gasteiger partial charge on any atom is -0.489 e. The summed E-state index contributed by atoms with van der Waals surface area (Å²) < 4.78 is 5.57. The van der Waals surface area contributed by atoms with Gasteiger partial charge in [0.25, 0.3) is 0 Å². The van der Waals surface area contributed by atoms with Gasteiger partial charge in [-0.05, 0) is 32.4 Å². The van der Waals surface area contributed by atoms with Gasteiger partial charge in [0.2, 0.25) is 0 Å². The molecule has 0 saturated carbocycles. The molecule has 2 heteroatoms. The van der Waals surface area contributed by atoms with Crippen LogP contribution in [0.15, 0.2) is 30.4 Å². The van der Waals surface area contributed by atoms with E-state index in [1.165, 1.54) is 0 Å². The molecule has 1 unspecified atom stereocenters. The second-order valence-electron chi connectivity index (χ2n) is 3.60. The molecule has 0 aliphatic rings. The Balaban J connectivity index is 2.86. The van der Waals surface area contributed by atoms with Crippen LogP contribution < -0.4 is 4.74 Å². The SMILES string of the molecule is CC=CCOc1cc(C)ccc1C(C)O.